The van der Waals surface area contributed by atoms with Crippen LogP contribution in [0.25, 0.3) is 0 Å². The molecule has 1 aliphatic heterocycles. The second-order valence-corrected chi connectivity index (χ2v) is 5.07. The highest BCUT2D eigenvalue weighted by Gasteiger charge is 2.18. The SMILES string of the molecule is CC(C(=O)N(C)CCCOc1ccccc1)=C1CNC1. The van der Waals surface area contributed by atoms with Crippen molar-refractivity contribution in [2.45, 2.75) is 13.3 Å². The molecule has 108 valence electrons. The van der Waals surface area contributed by atoms with Crippen LogP contribution in [0.3, 0.4) is 0 Å². The van der Waals surface area contributed by atoms with Gasteiger partial charge in [0.05, 0.1) is 6.61 Å². The summed E-state index contributed by atoms with van der Waals surface area (Å²) in [5.74, 6) is 1.00. The summed E-state index contributed by atoms with van der Waals surface area (Å²) < 4.78 is 5.62. The van der Waals surface area contributed by atoms with Crippen LogP contribution >= 0.6 is 0 Å². The van der Waals surface area contributed by atoms with Crippen LogP contribution in [0.2, 0.25) is 0 Å². The molecule has 1 amide bonds. The standard InChI is InChI=1S/C16H22N2O2/c1-13(14-11-17-12-14)16(19)18(2)9-6-10-20-15-7-4-3-5-8-15/h3-5,7-8,17H,6,9-12H2,1-2H3. The lowest BCUT2D eigenvalue weighted by atomic mass is 10.0. The molecule has 0 spiro atoms. The summed E-state index contributed by atoms with van der Waals surface area (Å²) in [7, 11) is 1.85. The molecule has 0 aromatic heterocycles. The Hall–Kier alpha value is -1.81. The monoisotopic (exact) mass is 274 g/mol. The van der Waals surface area contributed by atoms with Crippen molar-refractivity contribution in [3.8, 4) is 5.75 Å². The van der Waals surface area contributed by atoms with Crippen LogP contribution in [-0.4, -0.2) is 44.1 Å². The van der Waals surface area contributed by atoms with Gasteiger partial charge >= 0.3 is 0 Å². The number of ether oxygens (including phenoxy) is 1. The number of hydrogen-bond donors (Lipinski definition) is 1. The van der Waals surface area contributed by atoms with Crippen molar-refractivity contribution in [3.63, 3.8) is 0 Å². The zero-order valence-electron chi connectivity index (χ0n) is 12.2. The Kier molecular flexibility index (Phi) is 5.18. The fourth-order valence-corrected chi connectivity index (χ4v) is 2.06. The van der Waals surface area contributed by atoms with Gasteiger partial charge < -0.3 is 15.0 Å². The second kappa shape index (κ2) is 7.10. The van der Waals surface area contributed by atoms with E-state index in [0.717, 1.165) is 30.8 Å². The molecule has 1 aromatic carbocycles. The number of amides is 1. The largest absolute Gasteiger partial charge is 0.494 e. The summed E-state index contributed by atoms with van der Waals surface area (Å²) in [4.78, 5) is 13.9. The third kappa shape index (κ3) is 3.84. The molecule has 1 heterocycles. The predicted molar refractivity (Wildman–Crippen MR) is 79.8 cm³/mol. The van der Waals surface area contributed by atoms with Crippen LogP contribution < -0.4 is 10.1 Å². The van der Waals surface area contributed by atoms with Crippen molar-refractivity contribution in [2.24, 2.45) is 0 Å². The van der Waals surface area contributed by atoms with Gasteiger partial charge in [-0.05, 0) is 31.1 Å². The maximum Gasteiger partial charge on any atom is 0.249 e. The van der Waals surface area contributed by atoms with Crippen LogP contribution in [0.15, 0.2) is 41.5 Å². The third-order valence-electron chi connectivity index (χ3n) is 3.52. The summed E-state index contributed by atoms with van der Waals surface area (Å²) in [6.07, 6.45) is 0.831. The lowest BCUT2D eigenvalue weighted by Gasteiger charge is -2.24. The Labute approximate surface area is 120 Å². The molecule has 1 aromatic rings. The fraction of sp³-hybridized carbons (Fsp3) is 0.438. The van der Waals surface area contributed by atoms with Gasteiger partial charge in [0.25, 0.3) is 0 Å². The average molecular weight is 274 g/mol. The van der Waals surface area contributed by atoms with Gasteiger partial charge in [-0.25, -0.2) is 0 Å². The minimum absolute atomic E-state index is 0.126. The molecule has 1 aliphatic rings. The molecule has 1 saturated heterocycles. The Bertz CT molecular complexity index is 477. The number of rotatable bonds is 6. The molecule has 0 radical (unpaired) electrons. The number of carbonyl (C=O) groups is 1. The number of nitrogens with zero attached hydrogens (tertiary/aromatic N) is 1. The van der Waals surface area contributed by atoms with Crippen molar-refractivity contribution in [3.05, 3.63) is 41.5 Å². The fourth-order valence-electron chi connectivity index (χ4n) is 2.06. The molecule has 0 bridgehead atoms. The number of para-hydroxylation sites is 1. The molecule has 20 heavy (non-hydrogen) atoms. The summed E-state index contributed by atoms with van der Waals surface area (Å²) in [5, 5.41) is 3.16. The van der Waals surface area contributed by atoms with E-state index in [4.69, 9.17) is 4.74 Å². The normalized spacial score (nSPS) is 13.6. The maximum absolute atomic E-state index is 12.1. The summed E-state index contributed by atoms with van der Waals surface area (Å²) in [6, 6.07) is 9.74. The van der Waals surface area contributed by atoms with E-state index in [1.54, 1.807) is 4.90 Å². The van der Waals surface area contributed by atoms with Crippen LogP contribution in [0.1, 0.15) is 13.3 Å². The lowest BCUT2D eigenvalue weighted by Crippen LogP contribution is -2.38. The first-order valence-electron chi connectivity index (χ1n) is 7.01. The molecule has 0 saturated carbocycles. The van der Waals surface area contributed by atoms with Crippen LogP contribution in [0, 0.1) is 0 Å². The minimum Gasteiger partial charge on any atom is -0.494 e. The highest BCUT2D eigenvalue weighted by atomic mass is 16.5. The zero-order chi connectivity index (χ0) is 14.4. The molecule has 2 rings (SSSR count). The molecule has 4 nitrogen and oxygen atoms in total. The smallest absolute Gasteiger partial charge is 0.249 e. The number of nitrogens with one attached hydrogen (secondary N) is 1. The van der Waals surface area contributed by atoms with E-state index in [-0.39, 0.29) is 5.91 Å². The second-order valence-electron chi connectivity index (χ2n) is 5.07. The molecule has 0 unspecified atom stereocenters. The van der Waals surface area contributed by atoms with Crippen LogP contribution in [0.4, 0.5) is 0 Å². The van der Waals surface area contributed by atoms with Crippen molar-refractivity contribution in [1.29, 1.82) is 0 Å². The van der Waals surface area contributed by atoms with Crippen molar-refractivity contribution in [1.82, 2.24) is 10.2 Å². The average Bonchev–Trinajstić information content (AvgIpc) is 2.41. The summed E-state index contributed by atoms with van der Waals surface area (Å²) in [5.41, 5.74) is 2.11. The van der Waals surface area contributed by atoms with E-state index in [0.29, 0.717) is 13.2 Å². The van der Waals surface area contributed by atoms with Crippen molar-refractivity contribution < 1.29 is 9.53 Å². The predicted octanol–water partition coefficient (Wildman–Crippen LogP) is 1.83. The Balaban J connectivity index is 1.70. The summed E-state index contributed by atoms with van der Waals surface area (Å²) in [6.45, 7) is 4.95. The first-order valence-corrected chi connectivity index (χ1v) is 7.01. The highest BCUT2D eigenvalue weighted by molar-refractivity contribution is 5.93. The molecule has 0 aliphatic carbocycles. The lowest BCUT2D eigenvalue weighted by molar-refractivity contribution is -0.126. The first kappa shape index (κ1) is 14.6. The molecule has 1 N–H and O–H groups in total. The van der Waals surface area contributed by atoms with E-state index < -0.39 is 0 Å². The van der Waals surface area contributed by atoms with Gasteiger partial charge in [0.15, 0.2) is 0 Å². The molecule has 1 fully saturated rings. The topological polar surface area (TPSA) is 41.6 Å². The van der Waals surface area contributed by atoms with E-state index in [1.807, 2.05) is 44.3 Å². The van der Waals surface area contributed by atoms with Gasteiger partial charge in [0, 0.05) is 32.3 Å². The molecule has 0 atom stereocenters. The van der Waals surface area contributed by atoms with Gasteiger partial charge in [-0.2, -0.15) is 0 Å². The third-order valence-corrected chi connectivity index (χ3v) is 3.52. The molecular formula is C16H22N2O2. The van der Waals surface area contributed by atoms with E-state index in [1.165, 1.54) is 5.57 Å². The summed E-state index contributed by atoms with van der Waals surface area (Å²) >= 11 is 0. The van der Waals surface area contributed by atoms with Gasteiger partial charge in [-0.15, -0.1) is 0 Å². The molecular weight excluding hydrogens is 252 g/mol. The van der Waals surface area contributed by atoms with Crippen molar-refractivity contribution >= 4 is 5.91 Å². The zero-order valence-corrected chi connectivity index (χ0v) is 12.2. The van der Waals surface area contributed by atoms with E-state index in [9.17, 15) is 4.79 Å². The van der Waals surface area contributed by atoms with Gasteiger partial charge in [-0.1, -0.05) is 18.2 Å². The number of likely N-dealkylation sites (N-methyl/N-ethyl adjacent to an activating group) is 1. The number of carbonyl (C=O) groups excluding carboxylic acids is 1. The van der Waals surface area contributed by atoms with Gasteiger partial charge in [-0.3, -0.25) is 4.79 Å². The number of benzene rings is 1. The first-order chi connectivity index (χ1) is 9.68. The quantitative estimate of drug-likeness (QED) is 0.635. The maximum atomic E-state index is 12.1. The van der Waals surface area contributed by atoms with Crippen molar-refractivity contribution in [2.75, 3.05) is 33.3 Å². The van der Waals surface area contributed by atoms with Gasteiger partial charge in [0.2, 0.25) is 5.91 Å². The highest BCUT2D eigenvalue weighted by Crippen LogP contribution is 2.12. The minimum atomic E-state index is 0.126. The Morgan fingerprint density at radius 2 is 2.00 bits per heavy atom. The van der Waals surface area contributed by atoms with Crippen LogP contribution in [-0.2, 0) is 4.79 Å². The Morgan fingerprint density at radius 3 is 2.60 bits per heavy atom. The van der Waals surface area contributed by atoms with Crippen LogP contribution in [0.5, 0.6) is 5.75 Å². The number of hydrogen-bond acceptors (Lipinski definition) is 3. The van der Waals surface area contributed by atoms with E-state index in [2.05, 4.69) is 5.32 Å². The van der Waals surface area contributed by atoms with E-state index >= 15 is 0 Å². The molecule has 4 heteroatoms. The van der Waals surface area contributed by atoms with Gasteiger partial charge in [0.1, 0.15) is 5.75 Å². The Morgan fingerprint density at radius 1 is 1.30 bits per heavy atom.